The average Bonchev–Trinajstić information content (AvgIpc) is 3.05. The van der Waals surface area contributed by atoms with Crippen molar-refractivity contribution < 1.29 is 9.53 Å². The second kappa shape index (κ2) is 8.86. The first kappa shape index (κ1) is 20.5. The molecule has 0 N–H and O–H groups in total. The summed E-state index contributed by atoms with van der Waals surface area (Å²) in [6.45, 7) is 0.680. The zero-order valence-corrected chi connectivity index (χ0v) is 17.6. The molecule has 8 heteroatoms. The fourth-order valence-corrected chi connectivity index (χ4v) is 3.63. The Balaban J connectivity index is 1.70. The lowest BCUT2D eigenvalue weighted by Crippen LogP contribution is -2.27. The molecule has 2 aromatic carbocycles. The Bertz CT molecular complexity index is 981. The molecular formula is C20H18Cl3N3O2. The fourth-order valence-electron chi connectivity index (χ4n) is 2.71. The van der Waals surface area contributed by atoms with Gasteiger partial charge >= 0.3 is 0 Å². The Kier molecular flexibility index (Phi) is 6.50. The molecule has 28 heavy (non-hydrogen) atoms. The van der Waals surface area contributed by atoms with Crippen molar-refractivity contribution in [3.05, 3.63) is 80.6 Å². The van der Waals surface area contributed by atoms with Crippen molar-refractivity contribution in [2.24, 2.45) is 7.05 Å². The normalized spacial score (nSPS) is 10.8. The Morgan fingerprint density at radius 1 is 1.14 bits per heavy atom. The molecule has 0 radical (unpaired) electrons. The van der Waals surface area contributed by atoms with Gasteiger partial charge in [-0.15, -0.1) is 0 Å². The van der Waals surface area contributed by atoms with E-state index < -0.39 is 0 Å². The van der Waals surface area contributed by atoms with Gasteiger partial charge in [-0.05, 0) is 35.9 Å². The maximum Gasteiger partial charge on any atom is 0.253 e. The molecule has 146 valence electrons. The molecule has 0 atom stereocenters. The topological polar surface area (TPSA) is 47.4 Å². The number of rotatable bonds is 6. The number of benzene rings is 2. The molecular weight excluding hydrogens is 421 g/mol. The van der Waals surface area contributed by atoms with Crippen LogP contribution in [0, 0.1) is 0 Å². The van der Waals surface area contributed by atoms with E-state index in [1.165, 1.54) is 0 Å². The third kappa shape index (κ3) is 4.79. The lowest BCUT2D eigenvalue weighted by atomic mass is 10.1. The summed E-state index contributed by atoms with van der Waals surface area (Å²) in [5, 5.41) is 5.23. The molecule has 5 nitrogen and oxygen atoms in total. The minimum atomic E-state index is -0.0920. The van der Waals surface area contributed by atoms with Gasteiger partial charge in [0, 0.05) is 30.9 Å². The highest BCUT2D eigenvalue weighted by molar-refractivity contribution is 6.40. The quantitative estimate of drug-likeness (QED) is 0.529. The molecule has 0 saturated heterocycles. The molecule has 0 aliphatic rings. The average molecular weight is 439 g/mol. The van der Waals surface area contributed by atoms with E-state index >= 15 is 0 Å². The molecule has 0 saturated carbocycles. The zero-order valence-electron chi connectivity index (χ0n) is 15.3. The van der Waals surface area contributed by atoms with Crippen molar-refractivity contribution >= 4 is 40.7 Å². The summed E-state index contributed by atoms with van der Waals surface area (Å²) in [6, 6.07) is 12.3. The molecule has 0 spiro atoms. The van der Waals surface area contributed by atoms with E-state index in [9.17, 15) is 4.79 Å². The highest BCUT2D eigenvalue weighted by atomic mass is 35.5. The first-order valence-electron chi connectivity index (χ1n) is 8.44. The molecule has 3 rings (SSSR count). The summed E-state index contributed by atoms with van der Waals surface area (Å²) in [7, 11) is 3.60. The molecule has 0 unspecified atom stereocenters. The second-order valence-corrected chi connectivity index (χ2v) is 7.55. The third-order valence-corrected chi connectivity index (χ3v) is 4.97. The number of aryl methyl sites for hydroxylation is 1. The Morgan fingerprint density at radius 2 is 1.86 bits per heavy atom. The molecule has 1 amide bonds. The summed E-state index contributed by atoms with van der Waals surface area (Å²) in [5.41, 5.74) is 2.34. The number of ether oxygens (including phenoxy) is 1. The van der Waals surface area contributed by atoms with Crippen LogP contribution in [0.3, 0.4) is 0 Å². The van der Waals surface area contributed by atoms with Crippen LogP contribution in [-0.4, -0.2) is 27.6 Å². The number of amides is 1. The maximum absolute atomic E-state index is 12.8. The van der Waals surface area contributed by atoms with Crippen LogP contribution in [0.25, 0.3) is 0 Å². The van der Waals surface area contributed by atoms with Crippen molar-refractivity contribution in [1.29, 1.82) is 0 Å². The lowest BCUT2D eigenvalue weighted by molar-refractivity contribution is 0.0782. The highest BCUT2D eigenvalue weighted by Crippen LogP contribution is 2.36. The lowest BCUT2D eigenvalue weighted by Gasteiger charge is -2.18. The van der Waals surface area contributed by atoms with Crippen molar-refractivity contribution in [3.8, 4) is 5.75 Å². The number of hydrogen-bond acceptors (Lipinski definition) is 3. The first-order valence-corrected chi connectivity index (χ1v) is 9.57. The molecule has 0 bridgehead atoms. The van der Waals surface area contributed by atoms with Gasteiger partial charge in [0.05, 0.1) is 22.3 Å². The van der Waals surface area contributed by atoms with Gasteiger partial charge in [-0.25, -0.2) is 0 Å². The van der Waals surface area contributed by atoms with Crippen LogP contribution in [-0.2, 0) is 20.2 Å². The van der Waals surface area contributed by atoms with Gasteiger partial charge in [-0.3, -0.25) is 9.48 Å². The van der Waals surface area contributed by atoms with Gasteiger partial charge in [0.25, 0.3) is 5.91 Å². The van der Waals surface area contributed by atoms with Crippen molar-refractivity contribution in [1.82, 2.24) is 14.7 Å². The van der Waals surface area contributed by atoms with Gasteiger partial charge in [0.2, 0.25) is 0 Å². The van der Waals surface area contributed by atoms with Crippen molar-refractivity contribution in [2.75, 3.05) is 7.05 Å². The number of halogens is 3. The van der Waals surface area contributed by atoms with Gasteiger partial charge in [0.1, 0.15) is 6.61 Å². The van der Waals surface area contributed by atoms with Crippen molar-refractivity contribution in [2.45, 2.75) is 13.2 Å². The number of nitrogens with zero attached hydrogens (tertiary/aromatic N) is 3. The second-order valence-electron chi connectivity index (χ2n) is 6.29. The standard InChI is InChI=1S/C20H18Cl3N3O2/c1-25(11-16-6-7-24-26(16)2)20(27)14-5-3-4-13(8-14)12-28-19-17(22)9-15(21)10-18(19)23/h3-10H,11-12H2,1-2H3. The zero-order chi connectivity index (χ0) is 20.3. The predicted octanol–water partition coefficient (Wildman–Crippen LogP) is 5.23. The van der Waals surface area contributed by atoms with E-state index in [4.69, 9.17) is 39.5 Å². The highest BCUT2D eigenvalue weighted by Gasteiger charge is 2.15. The van der Waals surface area contributed by atoms with Crippen LogP contribution in [0.4, 0.5) is 0 Å². The van der Waals surface area contributed by atoms with Crippen LogP contribution in [0.15, 0.2) is 48.7 Å². The summed E-state index contributed by atoms with van der Waals surface area (Å²) in [6.07, 6.45) is 1.71. The third-order valence-electron chi connectivity index (χ3n) is 4.19. The molecule has 1 aromatic heterocycles. The smallest absolute Gasteiger partial charge is 0.253 e. The fraction of sp³-hybridized carbons (Fsp3) is 0.200. The van der Waals surface area contributed by atoms with Crippen LogP contribution >= 0.6 is 34.8 Å². The Labute approximate surface area is 178 Å². The SMILES string of the molecule is CN(Cc1ccnn1C)C(=O)c1cccc(COc2c(Cl)cc(Cl)cc2Cl)c1. The van der Waals surface area contributed by atoms with Gasteiger partial charge in [-0.1, -0.05) is 46.9 Å². The number of aromatic nitrogens is 2. The number of carbonyl (C=O) groups is 1. The van der Waals surface area contributed by atoms with Crippen LogP contribution < -0.4 is 4.74 Å². The van der Waals surface area contributed by atoms with Crippen LogP contribution in [0.5, 0.6) is 5.75 Å². The Morgan fingerprint density at radius 3 is 2.50 bits per heavy atom. The van der Waals surface area contributed by atoms with E-state index in [1.807, 2.05) is 25.2 Å². The summed E-state index contributed by atoms with van der Waals surface area (Å²) in [5.74, 6) is 0.267. The minimum absolute atomic E-state index is 0.0920. The number of hydrogen-bond donors (Lipinski definition) is 0. The largest absolute Gasteiger partial charge is 0.486 e. The van der Waals surface area contributed by atoms with E-state index in [1.54, 1.807) is 47.1 Å². The van der Waals surface area contributed by atoms with Gasteiger partial charge in [-0.2, -0.15) is 5.10 Å². The van der Waals surface area contributed by atoms with Gasteiger partial charge < -0.3 is 9.64 Å². The monoisotopic (exact) mass is 437 g/mol. The molecule has 1 heterocycles. The van der Waals surface area contributed by atoms with E-state index in [0.717, 1.165) is 11.3 Å². The molecule has 0 aliphatic carbocycles. The Hall–Kier alpha value is -2.21. The first-order chi connectivity index (χ1) is 13.3. The summed E-state index contributed by atoms with van der Waals surface area (Å²) < 4.78 is 7.49. The van der Waals surface area contributed by atoms with Crippen LogP contribution in [0.2, 0.25) is 15.1 Å². The molecule has 0 fully saturated rings. The van der Waals surface area contributed by atoms with Crippen molar-refractivity contribution in [3.63, 3.8) is 0 Å². The maximum atomic E-state index is 12.8. The van der Waals surface area contributed by atoms with Gasteiger partial charge in [0.15, 0.2) is 5.75 Å². The van der Waals surface area contributed by atoms with E-state index in [2.05, 4.69) is 5.10 Å². The van der Waals surface area contributed by atoms with E-state index in [0.29, 0.717) is 32.9 Å². The predicted molar refractivity (Wildman–Crippen MR) is 111 cm³/mol. The van der Waals surface area contributed by atoms with Crippen LogP contribution in [0.1, 0.15) is 21.6 Å². The van der Waals surface area contributed by atoms with E-state index in [-0.39, 0.29) is 12.5 Å². The molecule has 3 aromatic rings. The minimum Gasteiger partial charge on any atom is -0.486 e. The number of carbonyl (C=O) groups excluding carboxylic acids is 1. The summed E-state index contributed by atoms with van der Waals surface area (Å²) >= 11 is 18.2. The summed E-state index contributed by atoms with van der Waals surface area (Å²) in [4.78, 5) is 14.4. The molecule has 0 aliphatic heterocycles.